The molecule has 90 heavy (non-hydrogen) atoms. The van der Waals surface area contributed by atoms with Gasteiger partial charge in [0.1, 0.15) is 36.3 Å². The van der Waals surface area contributed by atoms with Crippen LogP contribution in [0.3, 0.4) is 0 Å². The number of hydrogen-bond donors (Lipinski definition) is 19. The van der Waals surface area contributed by atoms with Crippen molar-refractivity contribution in [1.29, 1.82) is 0 Å². The predicted octanol–water partition coefficient (Wildman–Crippen LogP) is -6.80. The molecule has 35 heteroatoms. The van der Waals surface area contributed by atoms with Gasteiger partial charge in [-0.15, -0.1) is 0 Å². The van der Waals surface area contributed by atoms with E-state index in [1.54, 1.807) is 60.7 Å². The summed E-state index contributed by atoms with van der Waals surface area (Å²) < 4.78 is 0. The molecule has 0 heterocycles. The van der Waals surface area contributed by atoms with E-state index in [4.69, 9.17) is 28.7 Å². The van der Waals surface area contributed by atoms with E-state index in [1.165, 1.54) is 24.3 Å². The Morgan fingerprint density at radius 3 is 1.20 bits per heavy atom. The van der Waals surface area contributed by atoms with E-state index in [0.29, 0.717) is 11.1 Å². The number of aliphatic carboxylic acids is 3. The number of nitrogens with two attached hydrogens (primary N) is 5. The summed E-state index contributed by atoms with van der Waals surface area (Å²) >= 11 is 0. The average Bonchev–Trinajstić information content (AvgIpc) is 2.07. The first-order valence-corrected chi connectivity index (χ1v) is 27.6. The number of carbonyl (C=O) groups excluding carboxylic acids is 11. The van der Waals surface area contributed by atoms with Crippen LogP contribution in [-0.2, 0) is 75.2 Å². The quantitative estimate of drug-likeness (QED) is 0.0143. The molecule has 0 aliphatic carbocycles. The molecule has 0 saturated carbocycles. The predicted molar refractivity (Wildman–Crippen MR) is 319 cm³/mol. The Morgan fingerprint density at radius 2 is 0.789 bits per heavy atom. The fourth-order valence-electron chi connectivity index (χ4n) is 8.00. The number of nitrogens with zero attached hydrogens (tertiary/aromatic N) is 2. The molecule has 0 fully saturated rings. The maximum atomic E-state index is 13.6. The lowest BCUT2D eigenvalue weighted by Crippen LogP contribution is -2.56. The lowest BCUT2D eigenvalue weighted by molar-refractivity contribution is -0.143. The van der Waals surface area contributed by atoms with Gasteiger partial charge in [0.15, 0.2) is 11.9 Å². The average molecular weight is 1260 g/mol. The van der Waals surface area contributed by atoms with Gasteiger partial charge in [-0.2, -0.15) is 0 Å². The van der Waals surface area contributed by atoms with Crippen molar-refractivity contribution in [3.8, 4) is 0 Å². The van der Waals surface area contributed by atoms with Crippen LogP contribution in [-0.4, -0.2) is 192 Å². The van der Waals surface area contributed by atoms with Crippen LogP contribution < -0.4 is 87.2 Å². The third kappa shape index (κ3) is 29.2. The summed E-state index contributed by atoms with van der Waals surface area (Å²) in [4.78, 5) is 187. The minimum absolute atomic E-state index is 0.00732. The number of carboxylic acid groups (broad SMARTS) is 3. The number of anilines is 1. The monoisotopic (exact) mass is 1260 g/mol. The Bertz CT molecular complexity index is 3070. The molecule has 0 aliphatic heterocycles. The number of carboxylic acids is 3. The topological polar surface area (TPSA) is 587 Å². The van der Waals surface area contributed by atoms with Crippen LogP contribution in [0.5, 0.6) is 0 Å². The van der Waals surface area contributed by atoms with Gasteiger partial charge in [-0.1, -0.05) is 60.7 Å². The van der Waals surface area contributed by atoms with Crippen molar-refractivity contribution in [1.82, 2.24) is 53.2 Å². The van der Waals surface area contributed by atoms with Crippen LogP contribution in [0.2, 0.25) is 0 Å². The fourth-order valence-corrected chi connectivity index (χ4v) is 8.00. The Balaban J connectivity index is 1.59. The van der Waals surface area contributed by atoms with Gasteiger partial charge in [0.2, 0.25) is 59.1 Å². The molecule has 3 rings (SSSR count). The first-order chi connectivity index (χ1) is 42.7. The molecular weight excluding hydrogens is 1180 g/mol. The van der Waals surface area contributed by atoms with E-state index in [1.807, 2.05) is 0 Å². The number of benzene rings is 3. The first-order valence-electron chi connectivity index (χ1n) is 27.6. The third-order valence-corrected chi connectivity index (χ3v) is 12.4. The number of carbonyl (C=O) groups is 14. The number of rotatable bonds is 39. The molecule has 0 radical (unpaired) electrons. The minimum Gasteiger partial charge on any atom is -0.481 e. The second-order valence-electron chi connectivity index (χ2n) is 19.6. The molecule has 3 aromatic rings. The molecule has 0 saturated heterocycles. The lowest BCUT2D eigenvalue weighted by Gasteiger charge is -2.23. The van der Waals surface area contributed by atoms with Crippen LogP contribution in [0.4, 0.5) is 5.69 Å². The largest absolute Gasteiger partial charge is 0.481 e. The summed E-state index contributed by atoms with van der Waals surface area (Å²) in [7, 11) is 0. The van der Waals surface area contributed by atoms with Crippen LogP contribution in [0, 0.1) is 0 Å². The fraction of sp³-hybridized carbons (Fsp3) is 0.382. The zero-order valence-electron chi connectivity index (χ0n) is 48.5. The van der Waals surface area contributed by atoms with Gasteiger partial charge in [0.25, 0.3) is 5.91 Å². The van der Waals surface area contributed by atoms with Crippen LogP contribution in [0.1, 0.15) is 60.0 Å². The van der Waals surface area contributed by atoms with Gasteiger partial charge < -0.3 is 102 Å². The van der Waals surface area contributed by atoms with Crippen LogP contribution in [0.25, 0.3) is 0 Å². The molecule has 6 atom stereocenters. The van der Waals surface area contributed by atoms with Crippen molar-refractivity contribution in [3.63, 3.8) is 0 Å². The van der Waals surface area contributed by atoms with E-state index in [9.17, 15) is 82.4 Å². The van der Waals surface area contributed by atoms with E-state index >= 15 is 0 Å². The van der Waals surface area contributed by atoms with Crippen LogP contribution >= 0.6 is 0 Å². The molecule has 0 aliphatic rings. The summed E-state index contributed by atoms with van der Waals surface area (Å²) in [6.07, 6.45) is -1.99. The first kappa shape index (κ1) is 73.0. The Morgan fingerprint density at radius 1 is 0.411 bits per heavy atom. The molecule has 3 aromatic carbocycles. The molecule has 0 bridgehead atoms. The summed E-state index contributed by atoms with van der Waals surface area (Å²) in [6, 6.07) is 12.6. The van der Waals surface area contributed by atoms with E-state index in [-0.39, 0.29) is 74.8 Å². The van der Waals surface area contributed by atoms with Crippen molar-refractivity contribution >= 4 is 100 Å². The molecule has 35 nitrogen and oxygen atoms in total. The van der Waals surface area contributed by atoms with Crippen molar-refractivity contribution in [2.45, 2.75) is 87.6 Å². The summed E-state index contributed by atoms with van der Waals surface area (Å²) in [5.41, 5.74) is 28.0. The zero-order chi connectivity index (χ0) is 66.7. The standard InChI is InChI=1S/C55H74N18O17/c56-25-40(74)68-34(13-7-19-61-54(57)58)48(84)64-28-43(77)70-37(23-45(79)80)51(87)72-36(21-30-9-3-1-4-10-30)50(86)66-26-41(75)67-33-17-15-32(16-18-33)47(83)63-27-42(76)69-35(14-8-20-62-55(59)60)49(85)65-29-44(78)71-38(24-46(81)82)52(88)73-39(53(89)90)22-31-11-5-2-6-12-31/h1-6,9-12,15-18,34-39H,7-8,13-14,19-29,56H2,(H,63,83)(H,64,84)(H,65,85)(H,66,86)(H,67,75)(H,68,74)(H,69,76)(H,70,77)(H,71,78)(H,72,87)(H,73,88)(H,79,80)(H,81,82)(H,89,90)(H4,57,58,61)(H4,59,60,62)/t34-,35-,36-,37-,38-,39-/m0/s1. The normalized spacial score (nSPS) is 12.5. The van der Waals surface area contributed by atoms with Crippen molar-refractivity contribution in [2.24, 2.45) is 38.7 Å². The van der Waals surface area contributed by atoms with Gasteiger partial charge in [0.05, 0.1) is 45.6 Å². The number of amides is 11. The molecule has 0 unspecified atom stereocenters. The van der Waals surface area contributed by atoms with E-state index in [2.05, 4.69) is 68.5 Å². The summed E-state index contributed by atoms with van der Waals surface area (Å²) in [6.45, 7) is -3.31. The maximum absolute atomic E-state index is 13.6. The molecule has 0 spiro atoms. The Hall–Kier alpha value is -11.3. The van der Waals surface area contributed by atoms with Gasteiger partial charge in [-0.05, 0) is 61.1 Å². The SMILES string of the molecule is NCC(=O)N[C@@H](CCCN=C(N)N)C(=O)NCC(=O)N[C@@H](CC(=O)O)C(=O)N[C@@H](Cc1ccccc1)C(=O)NCC(=O)Nc1ccc(C(=O)NCC(=O)N[C@@H](CCCN=C(N)N)C(=O)NCC(=O)N[C@@H](CC(=O)O)C(=O)N[C@@H](Cc2ccccc2)C(=O)O)cc1. The number of aliphatic imine (C=N–C) groups is 2. The highest BCUT2D eigenvalue weighted by Crippen LogP contribution is 2.11. The Kier molecular flexibility index (Phi) is 31.4. The summed E-state index contributed by atoms with van der Waals surface area (Å²) in [5.74, 6) is -15.0. The highest BCUT2D eigenvalue weighted by Gasteiger charge is 2.32. The highest BCUT2D eigenvalue weighted by molar-refractivity contribution is 6.01. The Labute approximate surface area is 513 Å². The zero-order valence-corrected chi connectivity index (χ0v) is 48.5. The van der Waals surface area contributed by atoms with Crippen molar-refractivity contribution in [2.75, 3.05) is 51.1 Å². The van der Waals surface area contributed by atoms with Crippen molar-refractivity contribution in [3.05, 3.63) is 102 Å². The van der Waals surface area contributed by atoms with E-state index in [0.717, 1.165) is 0 Å². The van der Waals surface area contributed by atoms with Gasteiger partial charge >= 0.3 is 17.9 Å². The van der Waals surface area contributed by atoms with Crippen molar-refractivity contribution < 1.29 is 82.4 Å². The van der Waals surface area contributed by atoms with Crippen LogP contribution in [0.15, 0.2) is 94.9 Å². The smallest absolute Gasteiger partial charge is 0.326 e. The third-order valence-electron chi connectivity index (χ3n) is 12.4. The lowest BCUT2D eigenvalue weighted by atomic mass is 10.0. The molecular formula is C55H74N18O17. The molecule has 0 aromatic heterocycles. The highest BCUT2D eigenvalue weighted by atomic mass is 16.4. The van der Waals surface area contributed by atoms with Gasteiger partial charge in [0, 0.05) is 37.2 Å². The number of nitrogens with one attached hydrogen (secondary N) is 11. The number of hydrogen-bond acceptors (Lipinski definition) is 17. The molecule has 486 valence electrons. The maximum Gasteiger partial charge on any atom is 0.326 e. The van der Waals surface area contributed by atoms with Gasteiger partial charge in [-0.25, -0.2) is 4.79 Å². The summed E-state index contributed by atoms with van der Waals surface area (Å²) in [5, 5.41) is 54.4. The number of guanidine groups is 2. The minimum atomic E-state index is -1.79. The van der Waals surface area contributed by atoms with E-state index < -0.39 is 165 Å². The second-order valence-corrected chi connectivity index (χ2v) is 19.6. The second kappa shape index (κ2) is 38.7. The molecule has 24 N–H and O–H groups in total. The van der Waals surface area contributed by atoms with Gasteiger partial charge in [-0.3, -0.25) is 72.3 Å². The molecule has 11 amide bonds.